The number of alkyl halides is 4. The van der Waals surface area contributed by atoms with Gasteiger partial charge >= 0.3 is 0 Å². The summed E-state index contributed by atoms with van der Waals surface area (Å²) in [5, 5.41) is 0.635. The monoisotopic (exact) mass is 634 g/mol. The van der Waals surface area contributed by atoms with Crippen LogP contribution in [-0.2, 0) is 0 Å². The van der Waals surface area contributed by atoms with Crippen LogP contribution in [0, 0.1) is 0 Å². The van der Waals surface area contributed by atoms with E-state index in [0.717, 1.165) is 0 Å². The predicted octanol–water partition coefficient (Wildman–Crippen LogP) is 4.64. The molecule has 0 aromatic rings. The minimum absolute atomic E-state index is 0.635. The molecule has 0 saturated carbocycles. The van der Waals surface area contributed by atoms with Crippen molar-refractivity contribution >= 4 is 98.4 Å². The van der Waals surface area contributed by atoms with Gasteiger partial charge < -0.3 is 0 Å². The fourth-order valence-electron chi connectivity index (χ4n) is 0.717. The van der Waals surface area contributed by atoms with Crippen LogP contribution in [0.25, 0.3) is 0 Å². The third-order valence-electron chi connectivity index (χ3n) is 2.64. The predicted molar refractivity (Wildman–Crippen MR) is 95.5 cm³/mol. The van der Waals surface area contributed by atoms with Crippen molar-refractivity contribution in [3.05, 3.63) is 0 Å². The van der Waals surface area contributed by atoms with Gasteiger partial charge in [-0.2, -0.15) is 0 Å². The first-order valence-corrected chi connectivity index (χ1v) is 12.7. The summed E-state index contributed by atoms with van der Waals surface area (Å²) in [6.07, 6.45) is 0. The van der Waals surface area contributed by atoms with Gasteiger partial charge in [0.15, 0.2) is 0 Å². The summed E-state index contributed by atoms with van der Waals surface area (Å²) in [5.41, 5.74) is 0. The van der Waals surface area contributed by atoms with Gasteiger partial charge in [-0.25, -0.2) is 0 Å². The molecule has 0 atom stereocenters. The average Bonchev–Trinajstić information content (AvgIpc) is 2.15. The molecule has 0 bridgehead atoms. The van der Waals surface area contributed by atoms with Crippen molar-refractivity contribution in [2.24, 2.45) is 0 Å². The Labute approximate surface area is 131 Å². The number of hydrogen-bond acceptors (Lipinski definition) is 0. The summed E-state index contributed by atoms with van der Waals surface area (Å²) < 4.78 is 5.44. The van der Waals surface area contributed by atoms with E-state index in [9.17, 15) is 0 Å². The Morgan fingerprint density at radius 3 is 1.42 bits per heavy atom. The van der Waals surface area contributed by atoms with E-state index in [-0.39, 0.29) is 0 Å². The van der Waals surface area contributed by atoms with Crippen LogP contribution in [0.2, 0.25) is 11.6 Å². The minimum atomic E-state index is -0.993. The lowest BCUT2D eigenvalue weighted by Gasteiger charge is -2.41. The zero-order valence-electron chi connectivity index (χ0n) is 7.34. The fourth-order valence-corrected chi connectivity index (χ4v) is 19.4. The van der Waals surface area contributed by atoms with E-state index in [4.69, 9.17) is 0 Å². The molecule has 0 heterocycles. The molecule has 0 N–H and O–H groups in total. The van der Waals surface area contributed by atoms with E-state index in [1.54, 1.807) is 0 Å². The molecule has 0 aliphatic heterocycles. The molecule has 0 amide bonds. The molecule has 5 heteroatoms. The second kappa shape index (κ2) is 6.66. The van der Waals surface area contributed by atoms with Crippen molar-refractivity contribution in [1.29, 1.82) is 0 Å². The van der Waals surface area contributed by atoms with E-state index in [1.165, 1.54) is 17.0 Å². The SMILES string of the molecule is CC(CI)(CI)[Si](C)(CI)CI. The molecule has 0 spiro atoms. The van der Waals surface area contributed by atoms with Gasteiger partial charge in [0.05, 0.1) is 8.07 Å². The highest BCUT2D eigenvalue weighted by molar-refractivity contribution is 14.1. The number of hydrogen-bond donors (Lipinski definition) is 0. The van der Waals surface area contributed by atoms with Gasteiger partial charge in [0.1, 0.15) is 0 Å². The first-order chi connectivity index (χ1) is 5.49. The van der Waals surface area contributed by atoms with Crippen molar-refractivity contribution in [1.82, 2.24) is 0 Å². The lowest BCUT2D eigenvalue weighted by atomic mass is 10.2. The van der Waals surface area contributed by atoms with Crippen LogP contribution in [0.3, 0.4) is 0 Å². The average molecular weight is 634 g/mol. The molecule has 0 radical (unpaired) electrons. The highest BCUT2D eigenvalue weighted by Crippen LogP contribution is 2.43. The Bertz CT molecular complexity index is 115. The van der Waals surface area contributed by atoms with Crippen molar-refractivity contribution in [2.45, 2.75) is 18.5 Å². The quantitative estimate of drug-likeness (QED) is 0.235. The maximum absolute atomic E-state index is 2.59. The van der Waals surface area contributed by atoms with Gasteiger partial charge in [-0.05, 0) is 13.1 Å². The van der Waals surface area contributed by atoms with E-state index in [0.29, 0.717) is 5.04 Å². The molecule has 0 aliphatic rings. The van der Waals surface area contributed by atoms with Gasteiger partial charge in [0.2, 0.25) is 0 Å². The van der Waals surface area contributed by atoms with Gasteiger partial charge in [-0.15, -0.1) is 0 Å². The lowest BCUT2D eigenvalue weighted by Crippen LogP contribution is -2.50. The summed E-state index contributed by atoms with van der Waals surface area (Å²) in [5.74, 6) is 0. The minimum Gasteiger partial charge on any atom is -0.0897 e. The number of rotatable bonds is 5. The summed E-state index contributed by atoms with van der Waals surface area (Å²) in [6.45, 7) is 5.04. The van der Waals surface area contributed by atoms with Crippen molar-refractivity contribution in [3.63, 3.8) is 0 Å². The zero-order valence-corrected chi connectivity index (χ0v) is 17.0. The highest BCUT2D eigenvalue weighted by atomic mass is 127. The Balaban J connectivity index is 4.66. The van der Waals surface area contributed by atoms with Crippen LogP contribution in [-0.4, -0.2) is 25.0 Å². The lowest BCUT2D eigenvalue weighted by molar-refractivity contribution is 0.773. The Morgan fingerprint density at radius 1 is 1.00 bits per heavy atom. The topological polar surface area (TPSA) is 0 Å². The van der Waals surface area contributed by atoms with E-state index < -0.39 is 8.07 Å². The van der Waals surface area contributed by atoms with Crippen molar-refractivity contribution < 1.29 is 0 Å². The maximum atomic E-state index is 2.59. The Morgan fingerprint density at radius 2 is 1.33 bits per heavy atom. The smallest absolute Gasteiger partial charge is 0.0781 e. The first-order valence-electron chi connectivity index (χ1n) is 3.73. The van der Waals surface area contributed by atoms with Gasteiger partial charge in [0.25, 0.3) is 0 Å². The molecule has 0 aromatic carbocycles. The normalized spacial score (nSPS) is 13.5. The van der Waals surface area contributed by atoms with Gasteiger partial charge in [0, 0.05) is 8.86 Å². The number of halogens is 4. The van der Waals surface area contributed by atoms with Crippen LogP contribution in [0.1, 0.15) is 6.92 Å². The molecule has 0 aromatic heterocycles. The molecule has 0 nitrogen and oxygen atoms in total. The Kier molecular flexibility index (Phi) is 8.40. The standard InChI is InChI=1S/C7H14I4Si/c1-7(3-8,4-9)12(2,5-10)6-11/h3-6H2,1-2H3. The van der Waals surface area contributed by atoms with E-state index >= 15 is 0 Å². The van der Waals surface area contributed by atoms with Crippen molar-refractivity contribution in [3.8, 4) is 0 Å². The largest absolute Gasteiger partial charge is 0.0897 e. The second-order valence-corrected chi connectivity index (χ2v) is 14.6. The fraction of sp³-hybridized carbons (Fsp3) is 1.00. The summed E-state index contributed by atoms with van der Waals surface area (Å²) in [7, 11) is -0.993. The Hall–Kier alpha value is 3.14. The van der Waals surface area contributed by atoms with Crippen LogP contribution in [0.15, 0.2) is 0 Å². The maximum Gasteiger partial charge on any atom is 0.0781 e. The molecule has 0 saturated heterocycles. The highest BCUT2D eigenvalue weighted by Gasteiger charge is 2.43. The molecular formula is C7H14I4Si. The molecule has 0 aliphatic carbocycles. The van der Waals surface area contributed by atoms with Crippen LogP contribution in [0.4, 0.5) is 0 Å². The third kappa shape index (κ3) is 3.32. The molecular weight excluding hydrogens is 620 g/mol. The summed E-state index contributed by atoms with van der Waals surface area (Å²) in [4.78, 5) is 0. The molecule has 12 heavy (non-hydrogen) atoms. The van der Waals surface area contributed by atoms with Crippen molar-refractivity contribution in [2.75, 3.05) is 17.0 Å². The zero-order chi connectivity index (χ0) is 9.83. The molecule has 0 unspecified atom stereocenters. The third-order valence-corrected chi connectivity index (χ3v) is 22.0. The van der Waals surface area contributed by atoms with Crippen LogP contribution >= 0.6 is 90.4 Å². The first kappa shape index (κ1) is 15.1. The molecule has 74 valence electrons. The van der Waals surface area contributed by atoms with E-state index in [2.05, 4.69) is 104 Å². The summed E-state index contributed by atoms with van der Waals surface area (Å²) in [6, 6.07) is 0. The van der Waals surface area contributed by atoms with Gasteiger partial charge in [-0.3, -0.25) is 0 Å². The molecule has 0 rings (SSSR count). The second-order valence-electron chi connectivity index (χ2n) is 3.66. The molecule has 0 fully saturated rings. The van der Waals surface area contributed by atoms with Gasteiger partial charge in [-0.1, -0.05) is 104 Å². The van der Waals surface area contributed by atoms with Crippen LogP contribution < -0.4 is 0 Å². The van der Waals surface area contributed by atoms with Crippen LogP contribution in [0.5, 0.6) is 0 Å². The van der Waals surface area contributed by atoms with E-state index in [1.807, 2.05) is 0 Å². The summed E-state index contributed by atoms with van der Waals surface area (Å²) >= 11 is 10.3.